The van der Waals surface area contributed by atoms with Crippen molar-refractivity contribution >= 4 is 0 Å². The van der Waals surface area contributed by atoms with Gasteiger partial charge in [-0.3, -0.25) is 0 Å². The van der Waals surface area contributed by atoms with Gasteiger partial charge in [-0.1, -0.05) is 218 Å². The van der Waals surface area contributed by atoms with Gasteiger partial charge in [-0.25, -0.2) is 0 Å². The molecule has 5 nitrogen and oxygen atoms in total. The van der Waals surface area contributed by atoms with E-state index in [-0.39, 0.29) is 6.10 Å². The van der Waals surface area contributed by atoms with E-state index in [1.54, 1.807) is 0 Å². The van der Waals surface area contributed by atoms with Crippen LogP contribution in [0.3, 0.4) is 0 Å². The van der Waals surface area contributed by atoms with Crippen LogP contribution in [0.25, 0.3) is 10.4 Å². The zero-order valence-electron chi connectivity index (χ0n) is 31.1. The smallest absolute Gasteiger partial charge is 0.0969 e. The zero-order chi connectivity index (χ0) is 35.2. The zero-order valence-corrected chi connectivity index (χ0v) is 31.1. The summed E-state index contributed by atoms with van der Waals surface area (Å²) in [5.74, 6) is 0. The van der Waals surface area contributed by atoms with E-state index in [4.69, 9.17) is 9.47 Å². The summed E-state index contributed by atoms with van der Waals surface area (Å²) in [7, 11) is 0. The van der Waals surface area contributed by atoms with Crippen LogP contribution < -0.4 is 0 Å². The maximum atomic E-state index is 9.62. The summed E-state index contributed by atoms with van der Waals surface area (Å²) in [5, 5.41) is 4.27. The van der Waals surface area contributed by atoms with E-state index < -0.39 is 12.1 Å². The van der Waals surface area contributed by atoms with Crippen LogP contribution in [-0.4, -0.2) is 12.2 Å². The summed E-state index contributed by atoms with van der Waals surface area (Å²) in [6.45, 7) is 3.16. The topological polar surface area (TPSA) is 67.2 Å². The summed E-state index contributed by atoms with van der Waals surface area (Å²) in [4.78, 5) is 3.25. The predicted octanol–water partition coefficient (Wildman–Crippen LogP) is 14.2. The first-order valence-electron chi connectivity index (χ1n) is 19.9. The molecule has 3 aromatic rings. The number of ether oxygens (including phenoxy) is 2. The first-order valence-corrected chi connectivity index (χ1v) is 19.9. The fourth-order valence-electron chi connectivity index (χ4n) is 6.61. The second-order valence-corrected chi connectivity index (χ2v) is 13.8. The molecule has 5 heteroatoms. The van der Waals surface area contributed by atoms with Gasteiger partial charge in [0, 0.05) is 4.91 Å². The van der Waals surface area contributed by atoms with Crippen LogP contribution in [0.15, 0.2) is 108 Å². The van der Waals surface area contributed by atoms with Gasteiger partial charge in [0.25, 0.3) is 0 Å². The van der Waals surface area contributed by atoms with Crippen LogP contribution in [-0.2, 0) is 22.7 Å². The van der Waals surface area contributed by atoms with Crippen LogP contribution in [0, 0.1) is 0 Å². The van der Waals surface area contributed by atoms with Gasteiger partial charge in [-0.2, -0.15) is 0 Å². The number of allylic oxidation sites excluding steroid dienone is 1. The molecule has 0 aliphatic rings. The molecule has 0 saturated carbocycles. The Morgan fingerprint density at radius 1 is 0.560 bits per heavy atom. The van der Waals surface area contributed by atoms with Crippen molar-refractivity contribution in [1.29, 1.82) is 0 Å². The van der Waals surface area contributed by atoms with Crippen LogP contribution >= 0.6 is 0 Å². The largest absolute Gasteiger partial charge is 0.370 e. The molecule has 3 rings (SSSR count). The molecule has 0 aliphatic heterocycles. The third-order valence-electron chi connectivity index (χ3n) is 9.60. The molecule has 50 heavy (non-hydrogen) atoms. The van der Waals surface area contributed by atoms with Crippen molar-refractivity contribution in [3.63, 3.8) is 0 Å². The number of hydrogen-bond acceptors (Lipinski definition) is 3. The standard InChI is InChI=1S/C45H65N3O2/c1-2-3-4-5-6-7-8-9-10-11-12-13-14-15-16-17-18-19-20-30-37-43(49-38-40-31-24-21-25-32-40)45(50-39-41-33-26-22-27-34-41)44(47-48-46)42-35-28-23-29-36-42/h20-36,43-45H,2-19,37-39H2,1H3/b30-20-/t43-,44+,45-/m1/s1. The van der Waals surface area contributed by atoms with Crippen LogP contribution in [0.1, 0.15) is 152 Å². The predicted molar refractivity (Wildman–Crippen MR) is 211 cm³/mol. The lowest BCUT2D eigenvalue weighted by molar-refractivity contribution is -0.0945. The summed E-state index contributed by atoms with van der Waals surface area (Å²) >= 11 is 0. The molecule has 3 atom stereocenters. The molecule has 0 heterocycles. The van der Waals surface area contributed by atoms with Gasteiger partial charge in [0.15, 0.2) is 0 Å². The SMILES string of the molecule is CCCCCCCCCCCCCCCCCCC/C=C\C[C@@H](OCc1ccccc1)[C@@H](OCc1ccccc1)[C@@H](N=[N+]=[N-])c1ccccc1. The van der Waals surface area contributed by atoms with E-state index in [0.717, 1.165) is 23.1 Å². The number of azide groups is 1. The fourth-order valence-corrected chi connectivity index (χ4v) is 6.61. The van der Waals surface area contributed by atoms with Gasteiger partial charge >= 0.3 is 0 Å². The average Bonchev–Trinajstić information content (AvgIpc) is 3.16. The van der Waals surface area contributed by atoms with Crippen LogP contribution in [0.2, 0.25) is 0 Å². The minimum Gasteiger partial charge on any atom is -0.370 e. The van der Waals surface area contributed by atoms with Crippen molar-refractivity contribution in [3.8, 4) is 0 Å². The maximum absolute atomic E-state index is 9.62. The molecular weight excluding hydrogens is 615 g/mol. The highest BCUT2D eigenvalue weighted by Crippen LogP contribution is 2.30. The molecule has 0 aliphatic carbocycles. The third kappa shape index (κ3) is 18.6. The van der Waals surface area contributed by atoms with Gasteiger partial charge in [0.2, 0.25) is 0 Å². The highest BCUT2D eigenvalue weighted by molar-refractivity contribution is 5.22. The Bertz CT molecular complexity index is 1280. The van der Waals surface area contributed by atoms with E-state index in [9.17, 15) is 5.53 Å². The van der Waals surface area contributed by atoms with E-state index in [0.29, 0.717) is 19.6 Å². The van der Waals surface area contributed by atoms with Crippen molar-refractivity contribution in [2.75, 3.05) is 0 Å². The molecule has 0 N–H and O–H groups in total. The molecule has 3 aromatic carbocycles. The highest BCUT2D eigenvalue weighted by Gasteiger charge is 2.31. The first-order chi connectivity index (χ1) is 24.8. The lowest BCUT2D eigenvalue weighted by Gasteiger charge is -2.31. The molecule has 0 bridgehead atoms. The third-order valence-corrected chi connectivity index (χ3v) is 9.60. The van der Waals surface area contributed by atoms with Gasteiger partial charge in [-0.05, 0) is 41.5 Å². The van der Waals surface area contributed by atoms with Crippen molar-refractivity contribution in [2.45, 2.75) is 160 Å². The minimum atomic E-state index is -0.524. The van der Waals surface area contributed by atoms with Gasteiger partial charge in [0.05, 0.1) is 31.5 Å². The summed E-state index contributed by atoms with van der Waals surface area (Å²) in [6, 6.07) is 29.8. The number of hydrogen-bond donors (Lipinski definition) is 0. The Kier molecular flexibility index (Phi) is 23.3. The Morgan fingerprint density at radius 2 is 1.00 bits per heavy atom. The van der Waals surface area contributed by atoms with Crippen molar-refractivity contribution in [2.24, 2.45) is 5.11 Å². The molecule has 0 fully saturated rings. The Balaban J connectivity index is 1.44. The Morgan fingerprint density at radius 3 is 1.48 bits per heavy atom. The van der Waals surface area contributed by atoms with Gasteiger partial charge in [0.1, 0.15) is 0 Å². The van der Waals surface area contributed by atoms with Gasteiger partial charge in [-0.15, -0.1) is 0 Å². The molecule has 0 unspecified atom stereocenters. The molecule has 0 aromatic heterocycles. The van der Waals surface area contributed by atoms with Crippen LogP contribution in [0.4, 0.5) is 0 Å². The van der Waals surface area contributed by atoms with Crippen LogP contribution in [0.5, 0.6) is 0 Å². The van der Waals surface area contributed by atoms with E-state index >= 15 is 0 Å². The van der Waals surface area contributed by atoms with Gasteiger partial charge < -0.3 is 9.47 Å². The summed E-state index contributed by atoms with van der Waals surface area (Å²) in [5.41, 5.74) is 12.7. The van der Waals surface area contributed by atoms with Crippen molar-refractivity contribution in [1.82, 2.24) is 0 Å². The number of nitrogens with zero attached hydrogens (tertiary/aromatic N) is 3. The highest BCUT2D eigenvalue weighted by atomic mass is 16.5. The second kappa shape index (κ2) is 28.3. The maximum Gasteiger partial charge on any atom is 0.0969 e. The summed E-state index contributed by atoms with van der Waals surface area (Å²) < 4.78 is 13.2. The lowest BCUT2D eigenvalue weighted by atomic mass is 9.95. The lowest BCUT2D eigenvalue weighted by Crippen LogP contribution is -2.36. The molecule has 0 spiro atoms. The molecule has 0 radical (unpaired) electrons. The molecule has 0 amide bonds. The monoisotopic (exact) mass is 680 g/mol. The van der Waals surface area contributed by atoms with E-state index in [1.807, 2.05) is 66.7 Å². The minimum absolute atomic E-state index is 0.304. The number of benzene rings is 3. The quantitative estimate of drug-likeness (QED) is 0.0231. The molecule has 272 valence electrons. The fraction of sp³-hybridized carbons (Fsp3) is 0.556. The summed E-state index contributed by atoms with van der Waals surface area (Å²) in [6.07, 6.45) is 29.1. The van der Waals surface area contributed by atoms with E-state index in [1.165, 1.54) is 109 Å². The van der Waals surface area contributed by atoms with E-state index in [2.05, 4.69) is 53.4 Å². The second-order valence-electron chi connectivity index (χ2n) is 13.8. The molecular formula is C45H65N3O2. The Hall–Kier alpha value is -3.37. The Labute approximate surface area is 304 Å². The van der Waals surface area contributed by atoms with Crippen molar-refractivity contribution in [3.05, 3.63) is 130 Å². The number of rotatable bonds is 30. The molecule has 0 saturated heterocycles. The normalized spacial score (nSPS) is 13.2. The number of unbranched alkanes of at least 4 members (excludes halogenated alkanes) is 17. The first kappa shape index (κ1) is 41.1. The average molecular weight is 680 g/mol. The van der Waals surface area contributed by atoms with Crippen molar-refractivity contribution < 1.29 is 9.47 Å².